The number of alkyl halides is 3. The Bertz CT molecular complexity index is 1580. The van der Waals surface area contributed by atoms with Gasteiger partial charge in [0, 0.05) is 19.2 Å². The number of nitrogens with one attached hydrogen (secondary N) is 2. The summed E-state index contributed by atoms with van der Waals surface area (Å²) in [6, 6.07) is 13.3. The lowest BCUT2D eigenvalue weighted by Crippen LogP contribution is -2.38. The molecule has 10 nitrogen and oxygen atoms in total. The Morgan fingerprint density at radius 3 is 2.42 bits per heavy atom. The Balaban J connectivity index is 1.65. The summed E-state index contributed by atoms with van der Waals surface area (Å²) in [6.45, 7) is -0.0281. The average molecular weight is 622 g/mol. The molecular formula is C29H30F3N3O7S. The molecule has 1 aliphatic heterocycles. The van der Waals surface area contributed by atoms with Crippen molar-refractivity contribution in [1.29, 1.82) is 0 Å². The number of benzene rings is 3. The molecule has 1 atom stereocenters. The highest BCUT2D eigenvalue weighted by Gasteiger charge is 2.34. The van der Waals surface area contributed by atoms with E-state index in [1.807, 2.05) is 0 Å². The molecule has 1 saturated heterocycles. The van der Waals surface area contributed by atoms with Crippen LogP contribution in [0.2, 0.25) is 0 Å². The lowest BCUT2D eigenvalue weighted by Gasteiger charge is -2.25. The Kier molecular flexibility index (Phi) is 9.81. The molecule has 14 heteroatoms. The first-order chi connectivity index (χ1) is 20.4. The second kappa shape index (κ2) is 13.3. The highest BCUT2D eigenvalue weighted by Crippen LogP contribution is 2.35. The smallest absolute Gasteiger partial charge is 0.416 e. The second-order valence-electron chi connectivity index (χ2n) is 9.52. The normalized spacial score (nSPS) is 15.0. The number of hydrogen-bond acceptors (Lipinski definition) is 7. The number of rotatable bonds is 11. The molecule has 2 N–H and O–H groups in total. The second-order valence-corrected chi connectivity index (χ2v) is 11.4. The maximum atomic E-state index is 13.8. The highest BCUT2D eigenvalue weighted by atomic mass is 32.2. The summed E-state index contributed by atoms with van der Waals surface area (Å²) >= 11 is 0. The van der Waals surface area contributed by atoms with Gasteiger partial charge in [0.15, 0.2) is 11.5 Å². The highest BCUT2D eigenvalue weighted by molar-refractivity contribution is 7.92. The van der Waals surface area contributed by atoms with Gasteiger partial charge in [0.25, 0.3) is 15.9 Å². The Hall–Kier alpha value is -4.30. The number of nitrogens with zero attached hydrogens (tertiary/aromatic N) is 1. The van der Waals surface area contributed by atoms with Crippen molar-refractivity contribution < 1.29 is 45.4 Å². The fourth-order valence-electron chi connectivity index (χ4n) is 4.47. The van der Waals surface area contributed by atoms with Gasteiger partial charge in [-0.15, -0.1) is 0 Å². The average Bonchev–Trinajstić information content (AvgIpc) is 3.52. The van der Waals surface area contributed by atoms with Crippen LogP contribution in [-0.2, 0) is 25.7 Å². The van der Waals surface area contributed by atoms with E-state index in [4.69, 9.17) is 14.2 Å². The number of methoxy groups -OCH3 is 2. The van der Waals surface area contributed by atoms with E-state index in [1.165, 1.54) is 38.5 Å². The van der Waals surface area contributed by atoms with Crippen molar-refractivity contribution in [3.8, 4) is 11.5 Å². The van der Waals surface area contributed by atoms with Crippen molar-refractivity contribution in [3.63, 3.8) is 0 Å². The fourth-order valence-corrected chi connectivity index (χ4v) is 5.90. The van der Waals surface area contributed by atoms with Crippen LogP contribution in [0, 0.1) is 0 Å². The molecule has 0 bridgehead atoms. The third-order valence-electron chi connectivity index (χ3n) is 6.65. The lowest BCUT2D eigenvalue weighted by molar-refractivity contribution is -0.137. The number of carbonyl (C=O) groups excluding carboxylic acids is 2. The van der Waals surface area contributed by atoms with Gasteiger partial charge in [-0.25, -0.2) is 8.42 Å². The van der Waals surface area contributed by atoms with Crippen LogP contribution in [0.3, 0.4) is 0 Å². The molecule has 3 aromatic carbocycles. The maximum Gasteiger partial charge on any atom is 0.416 e. The topological polar surface area (TPSA) is 123 Å². The van der Waals surface area contributed by atoms with Gasteiger partial charge in [-0.1, -0.05) is 18.2 Å². The molecular weight excluding hydrogens is 591 g/mol. The molecule has 3 aromatic rings. The minimum Gasteiger partial charge on any atom is -0.493 e. The zero-order valence-corrected chi connectivity index (χ0v) is 24.1. The van der Waals surface area contributed by atoms with Crippen LogP contribution in [0.25, 0.3) is 0 Å². The van der Waals surface area contributed by atoms with Gasteiger partial charge in [0.2, 0.25) is 5.91 Å². The van der Waals surface area contributed by atoms with E-state index in [1.54, 1.807) is 12.1 Å². The maximum absolute atomic E-state index is 13.8. The van der Waals surface area contributed by atoms with E-state index in [-0.39, 0.29) is 40.3 Å². The van der Waals surface area contributed by atoms with E-state index >= 15 is 0 Å². The van der Waals surface area contributed by atoms with Gasteiger partial charge in [-0.3, -0.25) is 13.9 Å². The zero-order chi connectivity index (χ0) is 31.2. The predicted octanol–water partition coefficient (Wildman–Crippen LogP) is 4.47. The summed E-state index contributed by atoms with van der Waals surface area (Å²) < 4.78 is 84.7. The van der Waals surface area contributed by atoms with Gasteiger partial charge < -0.3 is 24.8 Å². The molecule has 43 heavy (non-hydrogen) atoms. The molecule has 4 rings (SSSR count). The first kappa shape index (κ1) is 31.6. The van der Waals surface area contributed by atoms with Crippen LogP contribution in [0.5, 0.6) is 11.5 Å². The van der Waals surface area contributed by atoms with Crippen LogP contribution >= 0.6 is 0 Å². The Labute approximate surface area is 246 Å². The fraction of sp³-hybridized carbons (Fsp3) is 0.310. The van der Waals surface area contributed by atoms with Crippen molar-refractivity contribution in [2.24, 2.45) is 0 Å². The number of amides is 2. The van der Waals surface area contributed by atoms with Crippen molar-refractivity contribution in [2.75, 3.05) is 43.5 Å². The van der Waals surface area contributed by atoms with Gasteiger partial charge in [0.05, 0.1) is 47.7 Å². The van der Waals surface area contributed by atoms with Crippen molar-refractivity contribution in [2.45, 2.75) is 30.0 Å². The van der Waals surface area contributed by atoms with Crippen LogP contribution in [0.15, 0.2) is 71.6 Å². The largest absolute Gasteiger partial charge is 0.493 e. The number of para-hydroxylation sites is 1. The summed E-state index contributed by atoms with van der Waals surface area (Å²) in [7, 11) is -1.98. The van der Waals surface area contributed by atoms with E-state index in [9.17, 15) is 31.2 Å². The third-order valence-corrected chi connectivity index (χ3v) is 8.42. The van der Waals surface area contributed by atoms with E-state index in [2.05, 4.69) is 10.6 Å². The molecule has 1 heterocycles. The number of anilines is 2. The molecule has 2 amide bonds. The molecule has 0 radical (unpaired) electrons. The molecule has 0 saturated carbocycles. The minimum atomic E-state index is -4.77. The molecule has 1 aliphatic rings. The first-order valence-corrected chi connectivity index (χ1v) is 14.6. The van der Waals surface area contributed by atoms with Crippen molar-refractivity contribution >= 4 is 33.2 Å². The van der Waals surface area contributed by atoms with E-state index in [0.717, 1.165) is 37.1 Å². The third kappa shape index (κ3) is 7.56. The number of ether oxygens (including phenoxy) is 3. The Morgan fingerprint density at radius 1 is 1.00 bits per heavy atom. The Morgan fingerprint density at radius 2 is 1.74 bits per heavy atom. The van der Waals surface area contributed by atoms with Crippen molar-refractivity contribution in [1.82, 2.24) is 5.32 Å². The van der Waals surface area contributed by atoms with Gasteiger partial charge in [-0.2, -0.15) is 13.2 Å². The molecule has 230 valence electrons. The monoisotopic (exact) mass is 621 g/mol. The standard InChI is InChI=1S/C29H30F3N3O7S/c1-40-25-13-12-22(16-26(25)41-2)43(38,39)35(20-8-5-7-19(15-20)29(30,31)32)18-27(36)34-24-11-4-3-10-23(24)28(37)33-17-21-9-6-14-42-21/h3-5,7-8,10-13,15-16,21H,6,9,14,17-18H2,1-2H3,(H,33,37)(H,34,36). The number of sulfonamides is 1. The predicted molar refractivity (Wildman–Crippen MR) is 152 cm³/mol. The number of halogens is 3. The van der Waals surface area contributed by atoms with Gasteiger partial charge in [0.1, 0.15) is 6.54 Å². The summed E-state index contributed by atoms with van der Waals surface area (Å²) in [4.78, 5) is 25.8. The summed E-state index contributed by atoms with van der Waals surface area (Å²) in [5.74, 6) is -1.11. The van der Waals surface area contributed by atoms with Crippen LogP contribution in [0.1, 0.15) is 28.8 Å². The van der Waals surface area contributed by atoms with Crippen LogP contribution in [0.4, 0.5) is 24.5 Å². The van der Waals surface area contributed by atoms with Crippen LogP contribution < -0.4 is 24.4 Å². The first-order valence-electron chi connectivity index (χ1n) is 13.1. The number of carbonyl (C=O) groups is 2. The van der Waals surface area contributed by atoms with E-state index < -0.39 is 45.8 Å². The quantitative estimate of drug-likeness (QED) is 0.324. The SMILES string of the molecule is COc1ccc(S(=O)(=O)N(CC(=O)Nc2ccccc2C(=O)NCC2CCCO2)c2cccc(C(F)(F)F)c2)cc1OC. The molecule has 0 aromatic heterocycles. The van der Waals surface area contributed by atoms with Gasteiger partial charge in [-0.05, 0) is 55.3 Å². The molecule has 0 aliphatic carbocycles. The van der Waals surface area contributed by atoms with Gasteiger partial charge >= 0.3 is 6.18 Å². The van der Waals surface area contributed by atoms with Crippen molar-refractivity contribution in [3.05, 3.63) is 77.9 Å². The van der Waals surface area contributed by atoms with Crippen LogP contribution in [-0.4, -0.2) is 60.3 Å². The molecule has 1 unspecified atom stereocenters. The number of hydrogen-bond donors (Lipinski definition) is 2. The zero-order valence-electron chi connectivity index (χ0n) is 23.3. The summed E-state index contributed by atoms with van der Waals surface area (Å²) in [5, 5.41) is 5.28. The minimum absolute atomic E-state index is 0.0555. The summed E-state index contributed by atoms with van der Waals surface area (Å²) in [6.07, 6.45) is -3.19. The lowest BCUT2D eigenvalue weighted by atomic mass is 10.1. The van der Waals surface area contributed by atoms with E-state index in [0.29, 0.717) is 17.0 Å². The molecule has 1 fully saturated rings. The summed E-state index contributed by atoms with van der Waals surface area (Å²) in [5.41, 5.74) is -1.31. The molecule has 0 spiro atoms.